The first-order valence-corrected chi connectivity index (χ1v) is 7.26. The highest BCUT2D eigenvalue weighted by Crippen LogP contribution is 2.10. The lowest BCUT2D eigenvalue weighted by Crippen LogP contribution is -2.34. The zero-order valence-electron chi connectivity index (χ0n) is 13.0. The molecular weight excluding hydrogens is 312 g/mol. The quantitative estimate of drug-likeness (QED) is 0.718. The normalized spacial score (nSPS) is 10.5. The first-order chi connectivity index (χ1) is 11.7. The van der Waals surface area contributed by atoms with Crippen molar-refractivity contribution in [1.29, 1.82) is 0 Å². The van der Waals surface area contributed by atoms with Gasteiger partial charge in [0.05, 0.1) is 25.5 Å². The van der Waals surface area contributed by atoms with Crippen molar-refractivity contribution in [1.82, 2.24) is 24.5 Å². The summed E-state index contributed by atoms with van der Waals surface area (Å²) in [5.74, 6) is 0.465. The van der Waals surface area contributed by atoms with Crippen molar-refractivity contribution in [2.45, 2.75) is 6.54 Å². The number of nitrogens with one attached hydrogen (secondary N) is 2. The monoisotopic (exact) mass is 328 g/mol. The van der Waals surface area contributed by atoms with E-state index in [2.05, 4.69) is 20.7 Å². The maximum Gasteiger partial charge on any atom is 0.350 e. The van der Waals surface area contributed by atoms with Gasteiger partial charge < -0.3 is 15.4 Å². The third kappa shape index (κ3) is 3.35. The van der Waals surface area contributed by atoms with Crippen molar-refractivity contribution in [3.63, 3.8) is 0 Å². The van der Waals surface area contributed by atoms with Crippen molar-refractivity contribution < 1.29 is 9.53 Å². The average molecular weight is 328 g/mol. The van der Waals surface area contributed by atoms with Gasteiger partial charge in [0.1, 0.15) is 0 Å². The van der Waals surface area contributed by atoms with Gasteiger partial charge >= 0.3 is 11.7 Å². The second kappa shape index (κ2) is 6.82. The molecule has 0 atom stereocenters. The van der Waals surface area contributed by atoms with Gasteiger partial charge in [-0.05, 0) is 18.2 Å². The summed E-state index contributed by atoms with van der Waals surface area (Å²) in [6.07, 6.45) is 3.14. The Morgan fingerprint density at radius 1 is 1.29 bits per heavy atom. The molecule has 3 aromatic rings. The summed E-state index contributed by atoms with van der Waals surface area (Å²) in [4.78, 5) is 27.9. The van der Waals surface area contributed by atoms with Gasteiger partial charge in [-0.2, -0.15) is 0 Å². The van der Waals surface area contributed by atoms with Crippen LogP contribution in [0.5, 0.6) is 5.88 Å². The number of pyridine rings is 2. The van der Waals surface area contributed by atoms with E-state index in [1.807, 2.05) is 0 Å². The van der Waals surface area contributed by atoms with Gasteiger partial charge in [-0.25, -0.2) is 19.3 Å². The number of ether oxygens (including phenoxy) is 1. The Labute approximate surface area is 136 Å². The number of fused-ring (bicyclic) bond motifs is 1. The highest BCUT2D eigenvalue weighted by molar-refractivity contribution is 5.88. The third-order valence-corrected chi connectivity index (χ3v) is 3.30. The fourth-order valence-electron chi connectivity index (χ4n) is 2.14. The van der Waals surface area contributed by atoms with E-state index < -0.39 is 6.03 Å². The van der Waals surface area contributed by atoms with Crippen molar-refractivity contribution >= 4 is 17.4 Å². The molecule has 124 valence electrons. The molecule has 24 heavy (non-hydrogen) atoms. The van der Waals surface area contributed by atoms with Gasteiger partial charge in [0.15, 0.2) is 5.65 Å². The number of methoxy groups -OCH3 is 1. The molecule has 0 aliphatic rings. The molecule has 3 heterocycles. The Morgan fingerprint density at radius 2 is 2.17 bits per heavy atom. The van der Waals surface area contributed by atoms with Crippen LogP contribution in [-0.4, -0.2) is 38.9 Å². The molecule has 3 rings (SSSR count). The van der Waals surface area contributed by atoms with Crippen LogP contribution >= 0.6 is 0 Å². The summed E-state index contributed by atoms with van der Waals surface area (Å²) in [5, 5.41) is 9.49. The highest BCUT2D eigenvalue weighted by atomic mass is 16.5. The Bertz CT molecular complexity index is 899. The minimum atomic E-state index is -0.390. The molecule has 3 aromatic heterocycles. The summed E-state index contributed by atoms with van der Waals surface area (Å²) in [6.45, 7) is 0.536. The highest BCUT2D eigenvalue weighted by Gasteiger charge is 2.06. The molecule has 0 radical (unpaired) electrons. The summed E-state index contributed by atoms with van der Waals surface area (Å²) in [5.41, 5.74) is 0.863. The van der Waals surface area contributed by atoms with Crippen LogP contribution < -0.4 is 21.1 Å². The smallest absolute Gasteiger partial charge is 0.350 e. The van der Waals surface area contributed by atoms with E-state index >= 15 is 0 Å². The van der Waals surface area contributed by atoms with E-state index in [0.29, 0.717) is 17.2 Å². The van der Waals surface area contributed by atoms with Gasteiger partial charge in [0.25, 0.3) is 0 Å². The lowest BCUT2D eigenvalue weighted by molar-refractivity contribution is 0.251. The molecule has 2 amide bonds. The zero-order chi connectivity index (χ0) is 16.9. The number of aromatic nitrogens is 4. The van der Waals surface area contributed by atoms with Gasteiger partial charge in [0, 0.05) is 18.8 Å². The molecule has 0 saturated carbocycles. The number of carbonyl (C=O) groups is 1. The van der Waals surface area contributed by atoms with E-state index in [1.54, 1.807) is 36.5 Å². The lowest BCUT2D eigenvalue weighted by atomic mass is 10.4. The SMILES string of the molecule is COc1ccc(NC(=O)NCCn2nc3ccccn3c2=O)cn1. The Kier molecular flexibility index (Phi) is 4.41. The maximum atomic E-state index is 12.1. The average Bonchev–Trinajstić information content (AvgIpc) is 2.92. The number of nitrogens with zero attached hydrogens (tertiary/aromatic N) is 4. The molecule has 0 aliphatic carbocycles. The van der Waals surface area contributed by atoms with E-state index in [4.69, 9.17) is 4.74 Å². The van der Waals surface area contributed by atoms with Crippen LogP contribution in [0.4, 0.5) is 10.5 Å². The van der Waals surface area contributed by atoms with Crippen LogP contribution in [0.1, 0.15) is 0 Å². The number of hydrogen-bond donors (Lipinski definition) is 2. The summed E-state index contributed by atoms with van der Waals surface area (Å²) in [7, 11) is 1.52. The van der Waals surface area contributed by atoms with E-state index in [-0.39, 0.29) is 18.8 Å². The van der Waals surface area contributed by atoms with Crippen LogP contribution in [0.25, 0.3) is 5.65 Å². The number of anilines is 1. The first kappa shape index (κ1) is 15.5. The molecule has 0 unspecified atom stereocenters. The Balaban J connectivity index is 1.54. The second-order valence-electron chi connectivity index (χ2n) is 4.90. The lowest BCUT2D eigenvalue weighted by Gasteiger charge is -2.07. The fourth-order valence-corrected chi connectivity index (χ4v) is 2.14. The maximum absolute atomic E-state index is 12.1. The molecule has 2 N–H and O–H groups in total. The predicted molar refractivity (Wildman–Crippen MR) is 87.3 cm³/mol. The van der Waals surface area contributed by atoms with Gasteiger partial charge in [-0.1, -0.05) is 6.07 Å². The van der Waals surface area contributed by atoms with Crippen LogP contribution in [0.2, 0.25) is 0 Å². The van der Waals surface area contributed by atoms with E-state index in [1.165, 1.54) is 22.4 Å². The number of amides is 2. The first-order valence-electron chi connectivity index (χ1n) is 7.26. The van der Waals surface area contributed by atoms with Crippen molar-refractivity contribution in [3.8, 4) is 5.88 Å². The fraction of sp³-hybridized carbons (Fsp3) is 0.200. The third-order valence-electron chi connectivity index (χ3n) is 3.30. The molecular formula is C15H16N6O3. The predicted octanol–water partition coefficient (Wildman–Crippen LogP) is 0.721. The van der Waals surface area contributed by atoms with Crippen molar-refractivity contribution in [3.05, 3.63) is 53.2 Å². The molecule has 0 spiro atoms. The number of urea groups is 1. The topological polar surface area (TPSA) is 103 Å². The molecule has 9 heteroatoms. The van der Waals surface area contributed by atoms with E-state index in [9.17, 15) is 9.59 Å². The minimum Gasteiger partial charge on any atom is -0.481 e. The molecule has 0 aliphatic heterocycles. The molecule has 0 bridgehead atoms. The van der Waals surface area contributed by atoms with Crippen LogP contribution in [0, 0.1) is 0 Å². The molecule has 9 nitrogen and oxygen atoms in total. The minimum absolute atomic E-state index is 0.243. The summed E-state index contributed by atoms with van der Waals surface area (Å²) in [6, 6.07) is 8.24. The standard InChI is InChI=1S/C15H16N6O3/c1-24-13-6-5-11(10-17-13)18-14(22)16-7-9-21-15(23)20-8-3-2-4-12(20)19-21/h2-6,8,10H,7,9H2,1H3,(H2,16,18,22). The van der Waals surface area contributed by atoms with Gasteiger partial charge in [0.2, 0.25) is 5.88 Å². The van der Waals surface area contributed by atoms with E-state index in [0.717, 1.165) is 0 Å². The van der Waals surface area contributed by atoms with Crippen molar-refractivity contribution in [2.24, 2.45) is 0 Å². The zero-order valence-corrected chi connectivity index (χ0v) is 13.0. The molecule has 0 saturated heterocycles. The molecule has 0 fully saturated rings. The van der Waals surface area contributed by atoms with Gasteiger partial charge in [-0.15, -0.1) is 5.10 Å². The van der Waals surface area contributed by atoms with Gasteiger partial charge in [-0.3, -0.25) is 4.40 Å². The van der Waals surface area contributed by atoms with Crippen LogP contribution in [0.3, 0.4) is 0 Å². The summed E-state index contributed by atoms with van der Waals surface area (Å²) >= 11 is 0. The Hall–Kier alpha value is -3.36. The van der Waals surface area contributed by atoms with Crippen molar-refractivity contribution in [2.75, 3.05) is 19.0 Å². The summed E-state index contributed by atoms with van der Waals surface area (Å²) < 4.78 is 7.70. The number of rotatable bonds is 5. The second-order valence-corrected chi connectivity index (χ2v) is 4.90. The van der Waals surface area contributed by atoms with Crippen LogP contribution in [-0.2, 0) is 6.54 Å². The van der Waals surface area contributed by atoms with Crippen LogP contribution in [0.15, 0.2) is 47.5 Å². The Morgan fingerprint density at radius 3 is 2.88 bits per heavy atom. The largest absolute Gasteiger partial charge is 0.481 e. The molecule has 0 aromatic carbocycles. The number of carbonyl (C=O) groups excluding carboxylic acids is 1. The number of hydrogen-bond acceptors (Lipinski definition) is 5.